The van der Waals surface area contributed by atoms with Crippen molar-refractivity contribution in [3.63, 3.8) is 0 Å². The van der Waals surface area contributed by atoms with E-state index in [9.17, 15) is 15.0 Å². The first-order valence-corrected chi connectivity index (χ1v) is 5.85. The maximum absolute atomic E-state index is 11.5. The van der Waals surface area contributed by atoms with E-state index in [1.165, 1.54) is 0 Å². The van der Waals surface area contributed by atoms with Crippen LogP contribution in [0.5, 0.6) is 0 Å². The van der Waals surface area contributed by atoms with E-state index in [4.69, 9.17) is 4.74 Å². The Morgan fingerprint density at radius 3 is 2.06 bits per heavy atom. The Kier molecular flexibility index (Phi) is 2.55. The molecular formula is C12H20O4. The third-order valence-electron chi connectivity index (χ3n) is 4.18. The van der Waals surface area contributed by atoms with Crippen molar-refractivity contribution in [2.75, 3.05) is 13.2 Å². The molecule has 2 rings (SSSR count). The van der Waals surface area contributed by atoms with Crippen LogP contribution < -0.4 is 0 Å². The highest BCUT2D eigenvalue weighted by atomic mass is 16.5. The van der Waals surface area contributed by atoms with Crippen LogP contribution in [0.1, 0.15) is 39.5 Å². The van der Waals surface area contributed by atoms with E-state index < -0.39 is 17.0 Å². The van der Waals surface area contributed by atoms with E-state index >= 15 is 0 Å². The Labute approximate surface area is 95.6 Å². The summed E-state index contributed by atoms with van der Waals surface area (Å²) in [5.41, 5.74) is -1.99. The van der Waals surface area contributed by atoms with E-state index in [1.807, 2.05) is 0 Å². The van der Waals surface area contributed by atoms with Gasteiger partial charge in [0.2, 0.25) is 0 Å². The van der Waals surface area contributed by atoms with Crippen molar-refractivity contribution < 1.29 is 19.7 Å². The second-order valence-corrected chi connectivity index (χ2v) is 6.05. The van der Waals surface area contributed by atoms with Crippen LogP contribution in [0, 0.1) is 10.8 Å². The monoisotopic (exact) mass is 228 g/mol. The molecule has 2 N–H and O–H groups in total. The molecule has 0 aromatic carbocycles. The molecule has 0 aromatic heterocycles. The van der Waals surface area contributed by atoms with Crippen LogP contribution in [0.15, 0.2) is 0 Å². The van der Waals surface area contributed by atoms with Crippen molar-refractivity contribution in [2.24, 2.45) is 10.8 Å². The molecule has 1 aliphatic heterocycles. The van der Waals surface area contributed by atoms with Crippen molar-refractivity contribution in [2.45, 2.75) is 45.1 Å². The Morgan fingerprint density at radius 2 is 1.69 bits per heavy atom. The molecule has 2 fully saturated rings. The van der Waals surface area contributed by atoms with Gasteiger partial charge in [-0.05, 0) is 18.3 Å². The summed E-state index contributed by atoms with van der Waals surface area (Å²) in [6.07, 6.45) is 2.00. The molecule has 1 saturated carbocycles. The number of carboxylic acids is 1. The molecule has 0 bridgehead atoms. The fourth-order valence-corrected chi connectivity index (χ4v) is 3.45. The molecule has 1 saturated heterocycles. The van der Waals surface area contributed by atoms with Gasteiger partial charge in [0, 0.05) is 26.1 Å². The van der Waals surface area contributed by atoms with Gasteiger partial charge in [0.15, 0.2) is 0 Å². The van der Waals surface area contributed by atoms with Crippen LogP contribution in [0.25, 0.3) is 0 Å². The summed E-state index contributed by atoms with van der Waals surface area (Å²) >= 11 is 0. The Hall–Kier alpha value is -0.610. The van der Waals surface area contributed by atoms with Gasteiger partial charge in [0.05, 0.1) is 11.0 Å². The van der Waals surface area contributed by atoms with E-state index in [2.05, 4.69) is 13.8 Å². The molecule has 0 radical (unpaired) electrons. The average Bonchev–Trinajstić information content (AvgIpc) is 2.14. The van der Waals surface area contributed by atoms with E-state index in [0.717, 1.165) is 0 Å². The summed E-state index contributed by atoms with van der Waals surface area (Å²) in [4.78, 5) is 11.5. The highest BCUT2D eigenvalue weighted by molar-refractivity contribution is 5.78. The number of aliphatic carboxylic acids is 1. The van der Waals surface area contributed by atoms with E-state index in [-0.39, 0.29) is 5.41 Å². The lowest BCUT2D eigenvalue weighted by molar-refractivity contribution is -0.222. The number of rotatable bonds is 2. The SMILES string of the molecule is CC1(C)CC(C(=O)O)(C2(O)CCOCC2)C1. The summed E-state index contributed by atoms with van der Waals surface area (Å²) < 4.78 is 5.21. The number of aliphatic hydroxyl groups is 1. The standard InChI is InChI=1S/C12H20O4/c1-10(2)7-11(8-10,9(13)14)12(15)3-5-16-6-4-12/h15H,3-8H2,1-2H3,(H,13,14). The Bertz CT molecular complexity index is 294. The number of ether oxygens (including phenoxy) is 1. The largest absolute Gasteiger partial charge is 0.481 e. The third kappa shape index (κ3) is 1.55. The van der Waals surface area contributed by atoms with Crippen LogP contribution in [-0.4, -0.2) is 35.0 Å². The van der Waals surface area contributed by atoms with Crippen LogP contribution in [-0.2, 0) is 9.53 Å². The molecule has 4 heteroatoms. The molecular weight excluding hydrogens is 208 g/mol. The van der Waals surface area contributed by atoms with Crippen molar-refractivity contribution in [1.82, 2.24) is 0 Å². The lowest BCUT2D eigenvalue weighted by Crippen LogP contribution is -2.64. The van der Waals surface area contributed by atoms with Gasteiger partial charge in [-0.3, -0.25) is 4.79 Å². The van der Waals surface area contributed by atoms with Crippen LogP contribution in [0.2, 0.25) is 0 Å². The first kappa shape index (κ1) is 11.9. The molecule has 0 amide bonds. The first-order valence-electron chi connectivity index (χ1n) is 5.85. The van der Waals surface area contributed by atoms with Crippen molar-refractivity contribution >= 4 is 5.97 Å². The lowest BCUT2D eigenvalue weighted by Gasteiger charge is -2.58. The molecule has 0 spiro atoms. The second kappa shape index (κ2) is 3.44. The van der Waals surface area contributed by atoms with Crippen LogP contribution >= 0.6 is 0 Å². The minimum absolute atomic E-state index is 0.0342. The summed E-state index contributed by atoms with van der Waals surface area (Å²) in [7, 11) is 0. The molecule has 0 atom stereocenters. The molecule has 16 heavy (non-hydrogen) atoms. The lowest BCUT2D eigenvalue weighted by atomic mass is 9.47. The normalized spacial score (nSPS) is 30.4. The number of carbonyl (C=O) groups is 1. The fourth-order valence-electron chi connectivity index (χ4n) is 3.45. The summed E-state index contributed by atoms with van der Waals surface area (Å²) in [5, 5.41) is 20.0. The van der Waals surface area contributed by atoms with Crippen molar-refractivity contribution in [1.29, 1.82) is 0 Å². The average molecular weight is 228 g/mol. The molecule has 92 valence electrons. The second-order valence-electron chi connectivity index (χ2n) is 6.05. The van der Waals surface area contributed by atoms with Gasteiger partial charge in [0.1, 0.15) is 0 Å². The minimum Gasteiger partial charge on any atom is -0.481 e. The highest BCUT2D eigenvalue weighted by Gasteiger charge is 2.65. The predicted octanol–water partition coefficient (Wildman–Crippen LogP) is 1.42. The summed E-state index contributed by atoms with van der Waals surface area (Å²) in [5.74, 6) is -0.851. The maximum Gasteiger partial charge on any atom is 0.312 e. The number of hydrogen-bond donors (Lipinski definition) is 2. The predicted molar refractivity (Wildman–Crippen MR) is 58.1 cm³/mol. The molecule has 0 aromatic rings. The molecule has 2 aliphatic rings. The van der Waals surface area contributed by atoms with Crippen LogP contribution in [0.4, 0.5) is 0 Å². The zero-order valence-corrected chi connectivity index (χ0v) is 9.95. The van der Waals surface area contributed by atoms with Gasteiger partial charge >= 0.3 is 5.97 Å². The van der Waals surface area contributed by atoms with Gasteiger partial charge in [-0.15, -0.1) is 0 Å². The van der Waals surface area contributed by atoms with Gasteiger partial charge < -0.3 is 14.9 Å². The zero-order valence-electron chi connectivity index (χ0n) is 9.95. The van der Waals surface area contributed by atoms with Gasteiger partial charge in [-0.2, -0.15) is 0 Å². The maximum atomic E-state index is 11.5. The van der Waals surface area contributed by atoms with Crippen molar-refractivity contribution in [3.05, 3.63) is 0 Å². The summed E-state index contributed by atoms with van der Waals surface area (Å²) in [6, 6.07) is 0. The number of carboxylic acid groups (broad SMARTS) is 1. The van der Waals surface area contributed by atoms with E-state index in [0.29, 0.717) is 38.9 Å². The van der Waals surface area contributed by atoms with Crippen LogP contribution in [0.3, 0.4) is 0 Å². The fraction of sp³-hybridized carbons (Fsp3) is 0.917. The quantitative estimate of drug-likeness (QED) is 0.750. The van der Waals surface area contributed by atoms with Gasteiger partial charge in [-0.1, -0.05) is 13.8 Å². The molecule has 1 aliphatic carbocycles. The summed E-state index contributed by atoms with van der Waals surface area (Å²) in [6.45, 7) is 5.03. The topological polar surface area (TPSA) is 66.8 Å². The Balaban J connectivity index is 2.24. The van der Waals surface area contributed by atoms with E-state index in [1.54, 1.807) is 0 Å². The molecule has 1 heterocycles. The number of hydrogen-bond acceptors (Lipinski definition) is 3. The Morgan fingerprint density at radius 1 is 1.19 bits per heavy atom. The molecule has 4 nitrogen and oxygen atoms in total. The first-order chi connectivity index (χ1) is 7.31. The molecule has 0 unspecified atom stereocenters. The van der Waals surface area contributed by atoms with Crippen molar-refractivity contribution in [3.8, 4) is 0 Å². The zero-order chi connectivity index (χ0) is 12.0. The van der Waals surface area contributed by atoms with Gasteiger partial charge in [-0.25, -0.2) is 0 Å². The highest BCUT2D eigenvalue weighted by Crippen LogP contribution is 2.61. The van der Waals surface area contributed by atoms with Gasteiger partial charge in [0.25, 0.3) is 0 Å². The smallest absolute Gasteiger partial charge is 0.312 e. The minimum atomic E-state index is -1.08. The third-order valence-corrected chi connectivity index (χ3v) is 4.18.